The molecule has 3 nitrogen and oxygen atoms in total. The normalized spacial score (nSPS) is 13.0. The van der Waals surface area contributed by atoms with Crippen molar-refractivity contribution in [3.05, 3.63) is 22.9 Å². The minimum Gasteiger partial charge on any atom is -0.449 e. The molecule has 118 valence electrons. The van der Waals surface area contributed by atoms with E-state index in [1.807, 2.05) is 22.9 Å². The fraction of sp³-hybridized carbons (Fsp3) is 0.471. The van der Waals surface area contributed by atoms with Crippen LogP contribution in [0.3, 0.4) is 0 Å². The van der Waals surface area contributed by atoms with Crippen molar-refractivity contribution in [2.24, 2.45) is 5.92 Å². The molecule has 3 rings (SSSR count). The Morgan fingerprint density at radius 3 is 2.36 bits per heavy atom. The Balaban J connectivity index is 1.79. The van der Waals surface area contributed by atoms with E-state index in [4.69, 9.17) is 4.74 Å². The number of unbranched alkanes of at least 4 members (excludes halogenated alkanes) is 1. The molecule has 0 amide bonds. The SMILES string of the molecule is CCCC[C@@H](CC)COC(=O)n1c2ccsc2c2sccc21. The summed E-state index contributed by atoms with van der Waals surface area (Å²) in [6, 6.07) is 4.00. The lowest BCUT2D eigenvalue weighted by atomic mass is 10.0. The van der Waals surface area contributed by atoms with E-state index in [1.165, 1.54) is 22.2 Å². The van der Waals surface area contributed by atoms with Gasteiger partial charge in [-0.2, -0.15) is 0 Å². The van der Waals surface area contributed by atoms with Crippen LogP contribution in [0.4, 0.5) is 4.79 Å². The van der Waals surface area contributed by atoms with Crippen molar-refractivity contribution in [1.82, 2.24) is 4.57 Å². The van der Waals surface area contributed by atoms with Gasteiger partial charge in [-0.15, -0.1) is 22.7 Å². The van der Waals surface area contributed by atoms with Gasteiger partial charge in [0.15, 0.2) is 0 Å². The van der Waals surface area contributed by atoms with Crippen molar-refractivity contribution in [1.29, 1.82) is 0 Å². The standard InChI is InChI=1S/C17H21NO2S2/c1-3-5-6-12(4-2)11-20-17(19)18-13-7-9-21-15(13)16-14(18)8-10-22-16/h7-10,12H,3-6,11H2,1-2H3/t12-/m1/s1. The molecule has 0 spiro atoms. The average Bonchev–Trinajstić information content (AvgIpc) is 3.20. The summed E-state index contributed by atoms with van der Waals surface area (Å²) < 4.78 is 9.71. The molecule has 1 atom stereocenters. The lowest BCUT2D eigenvalue weighted by molar-refractivity contribution is 0.126. The number of nitrogens with zero attached hydrogens (tertiary/aromatic N) is 1. The molecule has 0 aliphatic rings. The van der Waals surface area contributed by atoms with Crippen molar-refractivity contribution in [2.75, 3.05) is 6.61 Å². The Kier molecular flexibility index (Phi) is 4.84. The van der Waals surface area contributed by atoms with Gasteiger partial charge in [0.25, 0.3) is 0 Å². The quantitative estimate of drug-likeness (QED) is 0.543. The number of carbonyl (C=O) groups excluding carboxylic acids is 1. The van der Waals surface area contributed by atoms with Crippen LogP contribution >= 0.6 is 22.7 Å². The molecular weight excluding hydrogens is 314 g/mol. The van der Waals surface area contributed by atoms with Crippen molar-refractivity contribution in [2.45, 2.75) is 39.5 Å². The van der Waals surface area contributed by atoms with E-state index in [0.717, 1.165) is 23.9 Å². The minimum atomic E-state index is -0.244. The summed E-state index contributed by atoms with van der Waals surface area (Å²) in [5.74, 6) is 0.468. The molecule has 0 bridgehead atoms. The zero-order valence-electron chi connectivity index (χ0n) is 13.0. The van der Waals surface area contributed by atoms with Crippen molar-refractivity contribution in [3.63, 3.8) is 0 Å². The Morgan fingerprint density at radius 2 is 1.82 bits per heavy atom. The number of hydrogen-bond acceptors (Lipinski definition) is 4. The molecule has 0 saturated heterocycles. The van der Waals surface area contributed by atoms with E-state index in [2.05, 4.69) is 13.8 Å². The molecule has 22 heavy (non-hydrogen) atoms. The molecule has 0 radical (unpaired) electrons. The van der Waals surface area contributed by atoms with Gasteiger partial charge in [-0.05, 0) is 35.2 Å². The van der Waals surface area contributed by atoms with Crippen LogP contribution in [0.15, 0.2) is 22.9 Å². The highest BCUT2D eigenvalue weighted by Crippen LogP contribution is 2.36. The monoisotopic (exact) mass is 335 g/mol. The largest absolute Gasteiger partial charge is 0.449 e. The Labute approximate surface area is 138 Å². The number of ether oxygens (including phenoxy) is 1. The lowest BCUT2D eigenvalue weighted by Gasteiger charge is -2.15. The van der Waals surface area contributed by atoms with Crippen LogP contribution in [0.5, 0.6) is 0 Å². The number of rotatable bonds is 6. The van der Waals surface area contributed by atoms with Gasteiger partial charge in [-0.1, -0.05) is 33.1 Å². The Morgan fingerprint density at radius 1 is 1.18 bits per heavy atom. The van der Waals surface area contributed by atoms with Crippen LogP contribution in [-0.2, 0) is 4.74 Å². The highest BCUT2D eigenvalue weighted by Gasteiger charge is 2.19. The van der Waals surface area contributed by atoms with Gasteiger partial charge in [-0.3, -0.25) is 0 Å². The maximum atomic E-state index is 12.6. The highest BCUT2D eigenvalue weighted by molar-refractivity contribution is 7.25. The summed E-state index contributed by atoms with van der Waals surface area (Å²) in [6.07, 6.45) is 4.33. The summed E-state index contributed by atoms with van der Waals surface area (Å²) in [4.78, 5) is 12.6. The second-order valence-corrected chi connectivity index (χ2v) is 7.43. The molecule has 3 aromatic rings. The fourth-order valence-corrected chi connectivity index (χ4v) is 4.71. The molecular formula is C17H21NO2S2. The average molecular weight is 335 g/mol. The zero-order chi connectivity index (χ0) is 15.5. The van der Waals surface area contributed by atoms with E-state index in [9.17, 15) is 4.79 Å². The van der Waals surface area contributed by atoms with Crippen LogP contribution in [-0.4, -0.2) is 17.3 Å². The number of hydrogen-bond donors (Lipinski definition) is 0. The topological polar surface area (TPSA) is 31.2 Å². The van der Waals surface area contributed by atoms with E-state index < -0.39 is 0 Å². The first-order valence-electron chi connectivity index (χ1n) is 7.88. The minimum absolute atomic E-state index is 0.244. The van der Waals surface area contributed by atoms with Gasteiger partial charge < -0.3 is 4.74 Å². The fourth-order valence-electron chi connectivity index (χ4n) is 2.78. The Bertz CT molecular complexity index is 720. The van der Waals surface area contributed by atoms with Gasteiger partial charge in [0, 0.05) is 0 Å². The predicted molar refractivity (Wildman–Crippen MR) is 95.3 cm³/mol. The van der Waals surface area contributed by atoms with Crippen LogP contribution in [0.1, 0.15) is 39.5 Å². The molecule has 0 unspecified atom stereocenters. The van der Waals surface area contributed by atoms with Crippen molar-refractivity contribution in [3.8, 4) is 0 Å². The molecule has 3 heterocycles. The lowest BCUT2D eigenvalue weighted by Crippen LogP contribution is -2.18. The first-order valence-corrected chi connectivity index (χ1v) is 9.64. The van der Waals surface area contributed by atoms with Crippen LogP contribution in [0.2, 0.25) is 0 Å². The van der Waals surface area contributed by atoms with Gasteiger partial charge in [-0.25, -0.2) is 9.36 Å². The van der Waals surface area contributed by atoms with E-state index in [1.54, 1.807) is 27.2 Å². The van der Waals surface area contributed by atoms with E-state index >= 15 is 0 Å². The summed E-state index contributed by atoms with van der Waals surface area (Å²) in [5.41, 5.74) is 1.94. The van der Waals surface area contributed by atoms with Gasteiger partial charge >= 0.3 is 6.09 Å². The molecule has 0 aromatic carbocycles. The summed E-state index contributed by atoms with van der Waals surface area (Å²) in [7, 11) is 0. The molecule has 0 N–H and O–H groups in total. The molecule has 0 aliphatic heterocycles. The molecule has 3 aromatic heterocycles. The summed E-state index contributed by atoms with van der Waals surface area (Å²) in [6.45, 7) is 4.88. The Hall–Kier alpha value is -1.33. The van der Waals surface area contributed by atoms with Crippen LogP contribution in [0.25, 0.3) is 20.4 Å². The molecule has 0 aliphatic carbocycles. The number of carbonyl (C=O) groups is 1. The smallest absolute Gasteiger partial charge is 0.419 e. The highest BCUT2D eigenvalue weighted by atomic mass is 32.1. The molecule has 5 heteroatoms. The third-order valence-corrected chi connectivity index (χ3v) is 6.12. The first kappa shape index (κ1) is 15.6. The maximum absolute atomic E-state index is 12.6. The van der Waals surface area contributed by atoms with Crippen LogP contribution in [0, 0.1) is 5.92 Å². The zero-order valence-corrected chi connectivity index (χ0v) is 14.6. The van der Waals surface area contributed by atoms with Gasteiger partial charge in [0.05, 0.1) is 27.0 Å². The predicted octanol–water partition coefficient (Wildman–Crippen LogP) is 6.12. The number of fused-ring (bicyclic) bond motifs is 3. The maximum Gasteiger partial charge on any atom is 0.419 e. The number of thiophene rings is 2. The molecule has 0 fully saturated rings. The second-order valence-electron chi connectivity index (χ2n) is 5.60. The van der Waals surface area contributed by atoms with Crippen molar-refractivity contribution >= 4 is 49.2 Å². The van der Waals surface area contributed by atoms with E-state index in [0.29, 0.717) is 12.5 Å². The summed E-state index contributed by atoms with van der Waals surface area (Å²) in [5, 5.41) is 4.06. The van der Waals surface area contributed by atoms with E-state index in [-0.39, 0.29) is 6.09 Å². The summed E-state index contributed by atoms with van der Waals surface area (Å²) >= 11 is 3.36. The van der Waals surface area contributed by atoms with Gasteiger partial charge in [0.1, 0.15) is 0 Å². The second kappa shape index (κ2) is 6.84. The third-order valence-electron chi connectivity index (χ3n) is 4.15. The van der Waals surface area contributed by atoms with Crippen molar-refractivity contribution < 1.29 is 9.53 Å². The van der Waals surface area contributed by atoms with Crippen LogP contribution < -0.4 is 0 Å². The third kappa shape index (κ3) is 2.79. The molecule has 0 saturated carbocycles. The van der Waals surface area contributed by atoms with Gasteiger partial charge in [0.2, 0.25) is 0 Å². The first-order chi connectivity index (χ1) is 10.8. The number of aromatic nitrogens is 1.